The first kappa shape index (κ1) is 17.9. The number of benzene rings is 2. The predicted octanol–water partition coefficient (Wildman–Crippen LogP) is 4.40. The fraction of sp³-hybridized carbons (Fsp3) is 0.409. The van der Waals surface area contributed by atoms with Crippen molar-refractivity contribution in [3.8, 4) is 0 Å². The van der Waals surface area contributed by atoms with Crippen LogP contribution >= 0.6 is 0 Å². The van der Waals surface area contributed by atoms with E-state index < -0.39 is 0 Å². The van der Waals surface area contributed by atoms with Gasteiger partial charge in [0.2, 0.25) is 5.91 Å². The maximum atomic E-state index is 12.3. The summed E-state index contributed by atoms with van der Waals surface area (Å²) in [7, 11) is 0. The van der Waals surface area contributed by atoms with Crippen molar-refractivity contribution in [1.82, 2.24) is 0 Å². The Morgan fingerprint density at radius 1 is 0.852 bits per heavy atom. The number of hydrogen-bond donors (Lipinski definition) is 2. The van der Waals surface area contributed by atoms with Crippen LogP contribution < -0.4 is 15.5 Å². The van der Waals surface area contributed by atoms with E-state index in [2.05, 4.69) is 39.8 Å². The predicted molar refractivity (Wildman–Crippen MR) is 110 cm³/mol. The van der Waals surface area contributed by atoms with Crippen molar-refractivity contribution in [3.05, 3.63) is 48.5 Å². The second kappa shape index (κ2) is 8.44. The van der Waals surface area contributed by atoms with Crippen LogP contribution in [0.5, 0.6) is 0 Å². The van der Waals surface area contributed by atoms with Crippen LogP contribution in [0.4, 0.5) is 22.7 Å². The van der Waals surface area contributed by atoms with Gasteiger partial charge in [-0.15, -0.1) is 0 Å². The number of hydrogen-bond acceptors (Lipinski definition) is 4. The minimum atomic E-state index is 0.0608. The maximum absolute atomic E-state index is 12.3. The van der Waals surface area contributed by atoms with Crippen molar-refractivity contribution in [3.63, 3.8) is 0 Å². The molecule has 2 aromatic carbocycles. The van der Waals surface area contributed by atoms with E-state index in [1.165, 1.54) is 18.5 Å². The molecule has 4 rings (SSSR count). The Balaban J connectivity index is 1.32. The van der Waals surface area contributed by atoms with Gasteiger partial charge in [-0.05, 0) is 74.2 Å². The Bertz CT molecular complexity index is 746. The molecule has 1 amide bonds. The molecular formula is C22H27N3O2. The highest BCUT2D eigenvalue weighted by molar-refractivity contribution is 5.92. The maximum Gasteiger partial charge on any atom is 0.227 e. The lowest BCUT2D eigenvalue weighted by atomic mass is 9.99. The van der Waals surface area contributed by atoms with Crippen molar-refractivity contribution in [2.24, 2.45) is 5.92 Å². The SMILES string of the molecule is O=C(Nc1ccc(Nc2ccc(N3CCCC3)cc2)cc1)C1CCOCC1. The first-order valence-electron chi connectivity index (χ1n) is 9.89. The van der Waals surface area contributed by atoms with E-state index in [1.807, 2.05) is 24.3 Å². The smallest absolute Gasteiger partial charge is 0.227 e. The number of nitrogens with zero attached hydrogens (tertiary/aromatic N) is 1. The number of carbonyl (C=O) groups excluding carboxylic acids is 1. The van der Waals surface area contributed by atoms with E-state index >= 15 is 0 Å². The normalized spacial score (nSPS) is 17.7. The molecule has 2 aliphatic heterocycles. The highest BCUT2D eigenvalue weighted by Gasteiger charge is 2.21. The summed E-state index contributed by atoms with van der Waals surface area (Å²) in [6.45, 7) is 3.68. The zero-order valence-electron chi connectivity index (χ0n) is 15.6. The summed E-state index contributed by atoms with van der Waals surface area (Å²) >= 11 is 0. The lowest BCUT2D eigenvalue weighted by Gasteiger charge is -2.21. The molecule has 0 spiro atoms. The van der Waals surface area contributed by atoms with Gasteiger partial charge in [-0.3, -0.25) is 4.79 Å². The zero-order chi connectivity index (χ0) is 18.5. The van der Waals surface area contributed by atoms with Gasteiger partial charge in [0.1, 0.15) is 0 Å². The average molecular weight is 365 g/mol. The van der Waals surface area contributed by atoms with E-state index in [0.29, 0.717) is 13.2 Å². The third-order valence-corrected chi connectivity index (χ3v) is 5.37. The number of nitrogens with one attached hydrogen (secondary N) is 2. The van der Waals surface area contributed by atoms with Gasteiger partial charge in [-0.25, -0.2) is 0 Å². The highest BCUT2D eigenvalue weighted by atomic mass is 16.5. The molecular weight excluding hydrogens is 338 g/mol. The van der Waals surface area contributed by atoms with Crippen LogP contribution in [0.15, 0.2) is 48.5 Å². The second-order valence-electron chi connectivity index (χ2n) is 7.32. The van der Waals surface area contributed by atoms with E-state index in [-0.39, 0.29) is 11.8 Å². The first-order valence-corrected chi connectivity index (χ1v) is 9.89. The van der Waals surface area contributed by atoms with Crippen LogP contribution in [-0.4, -0.2) is 32.2 Å². The summed E-state index contributed by atoms with van der Waals surface area (Å²) < 4.78 is 5.32. The van der Waals surface area contributed by atoms with Gasteiger partial charge in [0.15, 0.2) is 0 Å². The minimum absolute atomic E-state index is 0.0608. The minimum Gasteiger partial charge on any atom is -0.381 e. The largest absolute Gasteiger partial charge is 0.381 e. The number of amides is 1. The van der Waals surface area contributed by atoms with E-state index in [4.69, 9.17) is 4.74 Å². The number of rotatable bonds is 5. The Morgan fingerprint density at radius 3 is 2.04 bits per heavy atom. The molecule has 0 radical (unpaired) electrons. The average Bonchev–Trinajstić information content (AvgIpc) is 3.26. The van der Waals surface area contributed by atoms with E-state index in [9.17, 15) is 4.79 Å². The van der Waals surface area contributed by atoms with Crippen LogP contribution in [0, 0.1) is 5.92 Å². The molecule has 2 N–H and O–H groups in total. The van der Waals surface area contributed by atoms with Crippen LogP contribution in [0.2, 0.25) is 0 Å². The van der Waals surface area contributed by atoms with Gasteiger partial charge in [-0.1, -0.05) is 0 Å². The molecule has 2 aromatic rings. The summed E-state index contributed by atoms with van der Waals surface area (Å²) in [5, 5.41) is 6.43. The van der Waals surface area contributed by atoms with Crippen molar-refractivity contribution < 1.29 is 9.53 Å². The van der Waals surface area contributed by atoms with Crippen LogP contribution in [-0.2, 0) is 9.53 Å². The second-order valence-corrected chi connectivity index (χ2v) is 7.32. The van der Waals surface area contributed by atoms with Gasteiger partial charge in [0.05, 0.1) is 0 Å². The molecule has 5 nitrogen and oxygen atoms in total. The zero-order valence-corrected chi connectivity index (χ0v) is 15.6. The summed E-state index contributed by atoms with van der Waals surface area (Å²) in [6, 6.07) is 16.5. The summed E-state index contributed by atoms with van der Waals surface area (Å²) in [5.74, 6) is 0.155. The highest BCUT2D eigenvalue weighted by Crippen LogP contribution is 2.25. The number of anilines is 4. The van der Waals surface area contributed by atoms with Gasteiger partial charge in [-0.2, -0.15) is 0 Å². The van der Waals surface area contributed by atoms with Crippen LogP contribution in [0.25, 0.3) is 0 Å². The molecule has 2 fully saturated rings. The molecule has 27 heavy (non-hydrogen) atoms. The Hall–Kier alpha value is -2.53. The number of carbonyl (C=O) groups is 1. The molecule has 2 saturated heterocycles. The molecule has 0 saturated carbocycles. The van der Waals surface area contributed by atoms with Gasteiger partial charge in [0.25, 0.3) is 0 Å². The third kappa shape index (κ3) is 4.61. The van der Waals surface area contributed by atoms with Crippen LogP contribution in [0.3, 0.4) is 0 Å². The topological polar surface area (TPSA) is 53.6 Å². The molecule has 0 aromatic heterocycles. The van der Waals surface area contributed by atoms with Crippen molar-refractivity contribution in [2.75, 3.05) is 41.8 Å². The number of ether oxygens (including phenoxy) is 1. The van der Waals surface area contributed by atoms with E-state index in [0.717, 1.165) is 43.0 Å². The Labute approximate surface area is 160 Å². The molecule has 2 aliphatic rings. The first-order chi connectivity index (χ1) is 13.3. The monoisotopic (exact) mass is 365 g/mol. The molecule has 2 heterocycles. The van der Waals surface area contributed by atoms with Gasteiger partial charge < -0.3 is 20.3 Å². The molecule has 142 valence electrons. The molecule has 0 aliphatic carbocycles. The standard InChI is InChI=1S/C22H27N3O2/c26-22(17-11-15-27-16-12-17)24-20-5-3-18(4-6-20)23-19-7-9-21(10-8-19)25-13-1-2-14-25/h3-10,17,23H,1-2,11-16H2,(H,24,26). The van der Waals surface area contributed by atoms with Gasteiger partial charge in [0, 0.05) is 55.0 Å². The fourth-order valence-corrected chi connectivity index (χ4v) is 3.74. The third-order valence-electron chi connectivity index (χ3n) is 5.37. The van der Waals surface area contributed by atoms with Crippen molar-refractivity contribution >= 4 is 28.7 Å². The van der Waals surface area contributed by atoms with E-state index in [1.54, 1.807) is 0 Å². The Morgan fingerprint density at radius 2 is 1.41 bits per heavy atom. The van der Waals surface area contributed by atoms with Crippen molar-refractivity contribution in [2.45, 2.75) is 25.7 Å². The summed E-state index contributed by atoms with van der Waals surface area (Å²) in [6.07, 6.45) is 4.19. The van der Waals surface area contributed by atoms with Crippen LogP contribution in [0.1, 0.15) is 25.7 Å². The van der Waals surface area contributed by atoms with Crippen molar-refractivity contribution in [1.29, 1.82) is 0 Å². The van der Waals surface area contributed by atoms with Gasteiger partial charge >= 0.3 is 0 Å². The summed E-state index contributed by atoms with van der Waals surface area (Å²) in [4.78, 5) is 14.7. The molecule has 5 heteroatoms. The Kier molecular flexibility index (Phi) is 5.58. The lowest BCUT2D eigenvalue weighted by Crippen LogP contribution is -2.28. The quantitative estimate of drug-likeness (QED) is 0.825. The lowest BCUT2D eigenvalue weighted by molar-refractivity contribution is -0.122. The summed E-state index contributed by atoms with van der Waals surface area (Å²) in [5.41, 5.74) is 4.20. The molecule has 0 unspecified atom stereocenters. The molecule has 0 bridgehead atoms. The molecule has 0 atom stereocenters. The fourth-order valence-electron chi connectivity index (χ4n) is 3.74.